The van der Waals surface area contributed by atoms with E-state index in [1.807, 2.05) is 0 Å². The van der Waals surface area contributed by atoms with E-state index in [2.05, 4.69) is 33.9 Å². The Balaban J connectivity index is 3.46. The standard InChI is InChI=1S/C7H18Si/c1-6(2)7(3)8(4)5/h6-8H,1-5H3. The Bertz CT molecular complexity index is 49.4. The Morgan fingerprint density at radius 1 is 1.00 bits per heavy atom. The predicted molar refractivity (Wildman–Crippen MR) is 43.1 cm³/mol. The van der Waals surface area contributed by atoms with Crippen molar-refractivity contribution in [3.05, 3.63) is 0 Å². The fourth-order valence-electron chi connectivity index (χ4n) is 0.770. The van der Waals surface area contributed by atoms with Gasteiger partial charge in [0.25, 0.3) is 0 Å². The molecule has 8 heavy (non-hydrogen) atoms. The normalized spacial score (nSPS) is 15.4. The third kappa shape index (κ3) is 2.51. The lowest BCUT2D eigenvalue weighted by atomic mass is 10.1. The minimum absolute atomic E-state index is 0.323. The minimum Gasteiger partial charge on any atom is -0.0720 e. The van der Waals surface area contributed by atoms with Crippen molar-refractivity contribution >= 4 is 8.80 Å². The largest absolute Gasteiger partial charge is 0.0720 e. The Morgan fingerprint density at radius 2 is 1.38 bits per heavy atom. The van der Waals surface area contributed by atoms with E-state index in [1.54, 1.807) is 0 Å². The van der Waals surface area contributed by atoms with Gasteiger partial charge >= 0.3 is 0 Å². The van der Waals surface area contributed by atoms with Gasteiger partial charge in [-0.2, -0.15) is 0 Å². The molecule has 0 aliphatic rings. The zero-order valence-corrected chi connectivity index (χ0v) is 7.89. The molecule has 0 fully saturated rings. The molecule has 0 aromatic carbocycles. The molecule has 0 amide bonds. The lowest BCUT2D eigenvalue weighted by Crippen LogP contribution is -2.13. The van der Waals surface area contributed by atoms with Gasteiger partial charge in [-0.05, 0) is 11.5 Å². The molecule has 0 N–H and O–H groups in total. The topological polar surface area (TPSA) is 0 Å². The summed E-state index contributed by atoms with van der Waals surface area (Å²) in [4.78, 5) is 0. The molecule has 1 atom stereocenters. The smallest absolute Gasteiger partial charge is 0.0336 e. The van der Waals surface area contributed by atoms with Gasteiger partial charge in [0.15, 0.2) is 0 Å². The molecule has 1 unspecified atom stereocenters. The summed E-state index contributed by atoms with van der Waals surface area (Å²) in [7, 11) is -0.323. The van der Waals surface area contributed by atoms with E-state index in [0.29, 0.717) is 0 Å². The molecule has 0 aromatic heterocycles. The molecule has 0 nitrogen and oxygen atoms in total. The summed E-state index contributed by atoms with van der Waals surface area (Å²) in [5.74, 6) is 0.904. The maximum Gasteiger partial charge on any atom is 0.0336 e. The van der Waals surface area contributed by atoms with Gasteiger partial charge in [0, 0.05) is 8.80 Å². The molecule has 0 saturated heterocycles. The van der Waals surface area contributed by atoms with Gasteiger partial charge in [0.05, 0.1) is 0 Å². The summed E-state index contributed by atoms with van der Waals surface area (Å²) in [5.41, 5.74) is 1.01. The van der Waals surface area contributed by atoms with Crippen molar-refractivity contribution in [3.63, 3.8) is 0 Å². The Kier molecular flexibility index (Phi) is 3.37. The SMILES string of the molecule is CC(C)C(C)[SiH](C)C. The molecule has 50 valence electrons. The highest BCUT2D eigenvalue weighted by molar-refractivity contribution is 6.57. The maximum absolute atomic E-state index is 2.42. The van der Waals surface area contributed by atoms with E-state index >= 15 is 0 Å². The predicted octanol–water partition coefficient (Wildman–Crippen LogP) is 2.52. The van der Waals surface area contributed by atoms with Crippen LogP contribution >= 0.6 is 0 Å². The van der Waals surface area contributed by atoms with E-state index in [1.165, 1.54) is 0 Å². The molecular weight excluding hydrogens is 112 g/mol. The third-order valence-electron chi connectivity index (χ3n) is 2.10. The van der Waals surface area contributed by atoms with Gasteiger partial charge in [-0.3, -0.25) is 0 Å². The van der Waals surface area contributed by atoms with Gasteiger partial charge in [0.1, 0.15) is 0 Å². The summed E-state index contributed by atoms with van der Waals surface area (Å²) in [5, 5.41) is 0. The fourth-order valence-corrected chi connectivity index (χ4v) is 2.31. The van der Waals surface area contributed by atoms with Crippen LogP contribution in [0, 0.1) is 5.92 Å². The first-order valence-electron chi connectivity index (χ1n) is 3.55. The molecule has 0 bridgehead atoms. The van der Waals surface area contributed by atoms with E-state index in [9.17, 15) is 0 Å². The van der Waals surface area contributed by atoms with Crippen LogP contribution in [0.1, 0.15) is 20.8 Å². The van der Waals surface area contributed by atoms with E-state index < -0.39 is 0 Å². The molecule has 0 aromatic rings. The van der Waals surface area contributed by atoms with Crippen LogP contribution in [0.25, 0.3) is 0 Å². The van der Waals surface area contributed by atoms with Gasteiger partial charge in [0.2, 0.25) is 0 Å². The van der Waals surface area contributed by atoms with Gasteiger partial charge in [-0.25, -0.2) is 0 Å². The molecule has 0 rings (SSSR count). The average molecular weight is 130 g/mol. The summed E-state index contributed by atoms with van der Waals surface area (Å²) >= 11 is 0. The Labute approximate surface area is 54.9 Å². The highest BCUT2D eigenvalue weighted by atomic mass is 28.3. The Morgan fingerprint density at radius 3 is 1.38 bits per heavy atom. The zero-order valence-electron chi connectivity index (χ0n) is 6.73. The molecule has 0 radical (unpaired) electrons. The van der Waals surface area contributed by atoms with Crippen LogP contribution in [-0.4, -0.2) is 8.80 Å². The van der Waals surface area contributed by atoms with Gasteiger partial charge in [-0.15, -0.1) is 0 Å². The summed E-state index contributed by atoms with van der Waals surface area (Å²) in [6, 6.07) is 0. The average Bonchev–Trinajstić information content (AvgIpc) is 1.64. The highest BCUT2D eigenvalue weighted by Gasteiger charge is 2.10. The Hall–Kier alpha value is 0.217. The van der Waals surface area contributed by atoms with Crippen molar-refractivity contribution in [2.45, 2.75) is 39.4 Å². The van der Waals surface area contributed by atoms with Crippen LogP contribution in [0.3, 0.4) is 0 Å². The second kappa shape index (κ2) is 3.28. The fraction of sp³-hybridized carbons (Fsp3) is 1.00. The van der Waals surface area contributed by atoms with E-state index in [-0.39, 0.29) is 8.80 Å². The van der Waals surface area contributed by atoms with Crippen molar-refractivity contribution < 1.29 is 0 Å². The van der Waals surface area contributed by atoms with E-state index in [4.69, 9.17) is 0 Å². The summed E-state index contributed by atoms with van der Waals surface area (Å²) in [6.45, 7) is 11.9. The van der Waals surface area contributed by atoms with Crippen LogP contribution in [0.15, 0.2) is 0 Å². The lowest BCUT2D eigenvalue weighted by molar-refractivity contribution is 0.614. The second-order valence-electron chi connectivity index (χ2n) is 3.35. The molecule has 0 aliphatic heterocycles. The molecule has 1 heteroatoms. The number of rotatable bonds is 2. The number of hydrogen-bond acceptors (Lipinski definition) is 0. The quantitative estimate of drug-likeness (QED) is 0.504. The minimum atomic E-state index is -0.323. The van der Waals surface area contributed by atoms with Crippen molar-refractivity contribution in [2.24, 2.45) is 5.92 Å². The third-order valence-corrected chi connectivity index (χ3v) is 4.98. The molecule has 0 aliphatic carbocycles. The van der Waals surface area contributed by atoms with Crippen LogP contribution in [0.4, 0.5) is 0 Å². The second-order valence-corrected chi connectivity index (χ2v) is 6.89. The monoisotopic (exact) mass is 130 g/mol. The lowest BCUT2D eigenvalue weighted by Gasteiger charge is -2.17. The first-order chi connectivity index (χ1) is 3.55. The van der Waals surface area contributed by atoms with E-state index in [0.717, 1.165) is 11.5 Å². The summed E-state index contributed by atoms with van der Waals surface area (Å²) in [6.07, 6.45) is 0. The van der Waals surface area contributed by atoms with Gasteiger partial charge in [-0.1, -0.05) is 33.9 Å². The van der Waals surface area contributed by atoms with Crippen LogP contribution < -0.4 is 0 Å². The highest BCUT2D eigenvalue weighted by Crippen LogP contribution is 2.19. The summed E-state index contributed by atoms with van der Waals surface area (Å²) < 4.78 is 0. The van der Waals surface area contributed by atoms with Crippen LogP contribution in [-0.2, 0) is 0 Å². The number of hydrogen-bond donors (Lipinski definition) is 0. The first kappa shape index (κ1) is 8.22. The molecular formula is C7H18Si. The maximum atomic E-state index is 2.42. The van der Waals surface area contributed by atoms with Gasteiger partial charge < -0.3 is 0 Å². The van der Waals surface area contributed by atoms with Crippen LogP contribution in [0.2, 0.25) is 18.6 Å². The van der Waals surface area contributed by atoms with Crippen molar-refractivity contribution in [1.29, 1.82) is 0 Å². The molecule has 0 spiro atoms. The molecule has 0 heterocycles. The first-order valence-corrected chi connectivity index (χ1v) is 6.53. The van der Waals surface area contributed by atoms with Crippen molar-refractivity contribution in [3.8, 4) is 0 Å². The molecule has 0 saturated carbocycles. The van der Waals surface area contributed by atoms with Crippen molar-refractivity contribution in [2.75, 3.05) is 0 Å². The van der Waals surface area contributed by atoms with Crippen LogP contribution in [0.5, 0.6) is 0 Å². The van der Waals surface area contributed by atoms with Crippen molar-refractivity contribution in [1.82, 2.24) is 0 Å². The zero-order chi connectivity index (χ0) is 6.73.